The summed E-state index contributed by atoms with van der Waals surface area (Å²) in [7, 11) is 4.10. The smallest absolute Gasteiger partial charge is 0.126 e. The molecule has 0 fully saturated rings. The summed E-state index contributed by atoms with van der Waals surface area (Å²) in [6.45, 7) is 2.12. The highest BCUT2D eigenvalue weighted by Crippen LogP contribution is 2.24. The van der Waals surface area contributed by atoms with E-state index in [-0.39, 0.29) is 0 Å². The summed E-state index contributed by atoms with van der Waals surface area (Å²) >= 11 is 2.33. The molecular weight excluding hydrogens is 387 g/mol. The summed E-state index contributed by atoms with van der Waals surface area (Å²) in [4.78, 5) is 0. The van der Waals surface area contributed by atoms with Gasteiger partial charge in [-0.2, -0.15) is 10.2 Å². The molecule has 4 rings (SSSR count). The molecule has 0 bridgehead atoms. The molecular formula is C17H25IN4. The minimum Gasteiger partial charge on any atom is -0.272 e. The van der Waals surface area contributed by atoms with Gasteiger partial charge in [-0.05, 0) is 86.4 Å². The molecule has 2 heterocycles. The topological polar surface area (TPSA) is 35.6 Å². The van der Waals surface area contributed by atoms with Gasteiger partial charge in [0.15, 0.2) is 0 Å². The number of aromatic nitrogens is 4. The average Bonchev–Trinajstić information content (AvgIpc) is 2.99. The van der Waals surface area contributed by atoms with Crippen LogP contribution < -0.4 is 0 Å². The minimum atomic E-state index is 1.21. The van der Waals surface area contributed by atoms with Gasteiger partial charge in [-0.25, -0.2) is 0 Å². The fourth-order valence-electron chi connectivity index (χ4n) is 3.70. The fourth-order valence-corrected chi connectivity index (χ4v) is 4.61. The number of hydrogen-bond acceptors (Lipinski definition) is 2. The zero-order valence-corrected chi connectivity index (χ0v) is 16.0. The van der Waals surface area contributed by atoms with E-state index in [0.717, 1.165) is 0 Å². The van der Waals surface area contributed by atoms with Crippen molar-refractivity contribution in [3.05, 3.63) is 31.9 Å². The van der Waals surface area contributed by atoms with Crippen molar-refractivity contribution >= 4 is 22.6 Å². The summed E-state index contributed by atoms with van der Waals surface area (Å²) < 4.78 is 5.29. The van der Waals surface area contributed by atoms with Crippen LogP contribution in [0, 0.1) is 10.6 Å². The Labute approximate surface area is 146 Å². The van der Waals surface area contributed by atoms with Crippen molar-refractivity contribution in [1.29, 1.82) is 0 Å². The monoisotopic (exact) mass is 412 g/mol. The Bertz CT molecular complexity index is 557. The summed E-state index contributed by atoms with van der Waals surface area (Å²) in [5.74, 6) is 0. The van der Waals surface area contributed by atoms with Crippen LogP contribution in [0.5, 0.6) is 0 Å². The van der Waals surface area contributed by atoms with Crippen LogP contribution in [0.2, 0.25) is 0 Å². The Kier molecular flexibility index (Phi) is 4.90. The van der Waals surface area contributed by atoms with Crippen LogP contribution in [0.15, 0.2) is 0 Å². The third-order valence-corrected chi connectivity index (χ3v) is 5.75. The molecule has 0 aliphatic heterocycles. The molecule has 0 atom stereocenters. The number of halogens is 1. The minimum absolute atomic E-state index is 1.21. The van der Waals surface area contributed by atoms with E-state index in [1.807, 2.05) is 16.4 Å². The molecule has 22 heavy (non-hydrogen) atoms. The van der Waals surface area contributed by atoms with Crippen molar-refractivity contribution in [1.82, 2.24) is 19.6 Å². The second kappa shape index (κ2) is 6.72. The zero-order valence-electron chi connectivity index (χ0n) is 13.8. The van der Waals surface area contributed by atoms with E-state index in [4.69, 9.17) is 0 Å². The summed E-state index contributed by atoms with van der Waals surface area (Å²) in [5, 5.41) is 8.81. The van der Waals surface area contributed by atoms with Crippen molar-refractivity contribution in [2.45, 2.75) is 58.3 Å². The Balaban J connectivity index is 0.000000131. The molecule has 2 aliphatic rings. The Hall–Kier alpha value is -0.850. The van der Waals surface area contributed by atoms with Crippen LogP contribution in [0.3, 0.4) is 0 Å². The highest BCUT2D eigenvalue weighted by Gasteiger charge is 2.17. The van der Waals surface area contributed by atoms with E-state index >= 15 is 0 Å². The van der Waals surface area contributed by atoms with E-state index in [1.165, 1.54) is 83.3 Å². The van der Waals surface area contributed by atoms with Gasteiger partial charge in [0.2, 0.25) is 0 Å². The average molecular weight is 412 g/mol. The molecule has 0 N–H and O–H groups in total. The molecule has 2 aliphatic carbocycles. The first-order chi connectivity index (χ1) is 10.6. The van der Waals surface area contributed by atoms with E-state index in [9.17, 15) is 0 Å². The maximum Gasteiger partial charge on any atom is 0.126 e. The van der Waals surface area contributed by atoms with Gasteiger partial charge in [-0.1, -0.05) is 0 Å². The van der Waals surface area contributed by atoms with Gasteiger partial charge in [0.05, 0.1) is 5.69 Å². The molecule has 2 aromatic heterocycles. The predicted molar refractivity (Wildman–Crippen MR) is 97.2 cm³/mol. The number of aryl methyl sites for hydroxylation is 3. The molecule has 0 spiro atoms. The van der Waals surface area contributed by atoms with E-state index in [2.05, 4.69) is 46.8 Å². The summed E-state index contributed by atoms with van der Waals surface area (Å²) in [6, 6.07) is 0. The summed E-state index contributed by atoms with van der Waals surface area (Å²) in [5.41, 5.74) is 7.18. The SMILES string of the molecule is Cc1nn(C)c2c1CCCC2.Cn1nc(I)c2c1CCCC2. The number of nitrogens with zero attached hydrogens (tertiary/aromatic N) is 4. The number of rotatable bonds is 0. The third-order valence-electron chi connectivity index (χ3n) is 4.88. The van der Waals surface area contributed by atoms with Gasteiger partial charge in [-0.3, -0.25) is 9.36 Å². The van der Waals surface area contributed by atoms with Crippen LogP contribution in [-0.4, -0.2) is 19.6 Å². The van der Waals surface area contributed by atoms with Gasteiger partial charge >= 0.3 is 0 Å². The molecule has 0 aromatic carbocycles. The van der Waals surface area contributed by atoms with Crippen molar-refractivity contribution in [3.63, 3.8) is 0 Å². The lowest BCUT2D eigenvalue weighted by Crippen LogP contribution is -2.05. The van der Waals surface area contributed by atoms with Crippen molar-refractivity contribution in [3.8, 4) is 0 Å². The van der Waals surface area contributed by atoms with Crippen LogP contribution >= 0.6 is 22.6 Å². The maximum absolute atomic E-state index is 4.41. The Morgan fingerprint density at radius 2 is 1.27 bits per heavy atom. The summed E-state index contributed by atoms with van der Waals surface area (Å²) in [6.07, 6.45) is 10.3. The molecule has 2 aromatic rings. The standard InChI is InChI=1S/C9H14N2.C8H11IN2/c1-7-8-5-3-4-6-9(8)11(2)10-7;1-11-7-5-3-2-4-6(7)8(9)10-11/h3-6H2,1-2H3;2-5H2,1H3. The second-order valence-electron chi connectivity index (χ2n) is 6.39. The first kappa shape index (κ1) is 16.0. The first-order valence-corrected chi connectivity index (χ1v) is 9.37. The van der Waals surface area contributed by atoms with Crippen molar-refractivity contribution < 1.29 is 0 Å². The lowest BCUT2D eigenvalue weighted by Gasteiger charge is -2.11. The lowest BCUT2D eigenvalue weighted by atomic mass is 9.96. The first-order valence-electron chi connectivity index (χ1n) is 8.29. The molecule has 0 amide bonds. The van der Waals surface area contributed by atoms with Crippen molar-refractivity contribution in [2.24, 2.45) is 14.1 Å². The van der Waals surface area contributed by atoms with Gasteiger partial charge in [0.1, 0.15) is 3.70 Å². The molecule has 0 unspecified atom stereocenters. The maximum atomic E-state index is 4.41. The zero-order chi connectivity index (χ0) is 15.7. The van der Waals surface area contributed by atoms with Crippen molar-refractivity contribution in [2.75, 3.05) is 0 Å². The molecule has 5 heteroatoms. The van der Waals surface area contributed by atoms with Crippen LogP contribution in [0.25, 0.3) is 0 Å². The van der Waals surface area contributed by atoms with Crippen LogP contribution in [-0.2, 0) is 39.8 Å². The van der Waals surface area contributed by atoms with Gasteiger partial charge in [-0.15, -0.1) is 0 Å². The van der Waals surface area contributed by atoms with Crippen LogP contribution in [0.1, 0.15) is 53.9 Å². The molecule has 120 valence electrons. The highest BCUT2D eigenvalue weighted by atomic mass is 127. The molecule has 0 radical (unpaired) electrons. The Morgan fingerprint density at radius 3 is 1.86 bits per heavy atom. The second-order valence-corrected chi connectivity index (χ2v) is 7.41. The fraction of sp³-hybridized carbons (Fsp3) is 0.647. The van der Waals surface area contributed by atoms with E-state index in [0.29, 0.717) is 0 Å². The molecule has 4 nitrogen and oxygen atoms in total. The molecule has 0 saturated heterocycles. The Morgan fingerprint density at radius 1 is 0.773 bits per heavy atom. The lowest BCUT2D eigenvalue weighted by molar-refractivity contribution is 0.626. The third kappa shape index (κ3) is 3.09. The molecule has 0 saturated carbocycles. The van der Waals surface area contributed by atoms with E-state index in [1.54, 1.807) is 0 Å². The quantitative estimate of drug-likeness (QED) is 0.621. The van der Waals surface area contributed by atoms with Gasteiger partial charge < -0.3 is 0 Å². The van der Waals surface area contributed by atoms with Crippen LogP contribution in [0.4, 0.5) is 0 Å². The normalized spacial score (nSPS) is 16.5. The predicted octanol–water partition coefficient (Wildman–Crippen LogP) is 3.51. The number of hydrogen-bond donors (Lipinski definition) is 0. The van der Waals surface area contributed by atoms with Gasteiger partial charge in [0.25, 0.3) is 0 Å². The van der Waals surface area contributed by atoms with Gasteiger partial charge in [0, 0.05) is 31.0 Å². The highest BCUT2D eigenvalue weighted by molar-refractivity contribution is 14.1. The number of fused-ring (bicyclic) bond motifs is 2. The van der Waals surface area contributed by atoms with E-state index < -0.39 is 0 Å². The largest absolute Gasteiger partial charge is 0.272 e.